The van der Waals surface area contributed by atoms with Gasteiger partial charge < -0.3 is 20.0 Å². The largest absolute Gasteiger partial charge is 0.545 e. The van der Waals surface area contributed by atoms with Gasteiger partial charge in [0.05, 0.1) is 12.6 Å². The van der Waals surface area contributed by atoms with E-state index in [9.17, 15) is 41.0 Å². The van der Waals surface area contributed by atoms with E-state index < -0.39 is 47.9 Å². The summed E-state index contributed by atoms with van der Waals surface area (Å²) in [7, 11) is 0. The smallest absolute Gasteiger partial charge is 0.439 e. The molecule has 0 aliphatic carbocycles. The number of anilines is 1. The van der Waals surface area contributed by atoms with E-state index in [0.29, 0.717) is 11.4 Å². The Morgan fingerprint density at radius 2 is 1.60 bits per heavy atom. The Balaban J connectivity index is 3.51. The maximum absolute atomic E-state index is 13.3. The molecule has 0 atom stereocenters. The molecular weight excluding hydrogens is 362 g/mol. The van der Waals surface area contributed by atoms with Gasteiger partial charge in [0.2, 0.25) is 0 Å². The molecule has 0 bridgehead atoms. The number of carboxylic acid groups (broad SMARTS) is 1. The van der Waals surface area contributed by atoms with Crippen molar-refractivity contribution in [2.45, 2.75) is 24.9 Å². The number of amides is 1. The second-order valence-corrected chi connectivity index (χ2v) is 4.55. The average molecular weight is 373 g/mol. The number of halogens is 6. The fourth-order valence-corrected chi connectivity index (χ4v) is 1.77. The third-order valence-electron chi connectivity index (χ3n) is 2.88. The summed E-state index contributed by atoms with van der Waals surface area (Å²) >= 11 is 0. The van der Waals surface area contributed by atoms with E-state index in [4.69, 9.17) is 0 Å². The second kappa shape index (κ2) is 7.07. The van der Waals surface area contributed by atoms with Crippen LogP contribution in [0, 0.1) is 0 Å². The van der Waals surface area contributed by atoms with Crippen molar-refractivity contribution in [3.8, 4) is 0 Å². The van der Waals surface area contributed by atoms with Gasteiger partial charge in [0, 0.05) is 11.3 Å². The number of hydrogen-bond donors (Lipinski definition) is 2. The molecule has 0 radical (unpaired) electrons. The van der Waals surface area contributed by atoms with Gasteiger partial charge in [-0.3, -0.25) is 5.32 Å². The SMILES string of the molecule is CCOC(=O)NC(Nc1ccccc1C(=O)[O-])(C(F)(F)F)C(F)(F)F. The fourth-order valence-electron chi connectivity index (χ4n) is 1.77. The molecular formula is C13H11F6N2O4-. The predicted molar refractivity (Wildman–Crippen MR) is 69.4 cm³/mol. The summed E-state index contributed by atoms with van der Waals surface area (Å²) in [5.74, 6) is -2.02. The molecule has 140 valence electrons. The van der Waals surface area contributed by atoms with Crippen LogP contribution in [0.25, 0.3) is 0 Å². The zero-order chi connectivity index (χ0) is 19.5. The number of carboxylic acids is 1. The Bertz CT molecular complexity index is 630. The summed E-state index contributed by atoms with van der Waals surface area (Å²) in [6, 6.07) is 3.46. The van der Waals surface area contributed by atoms with E-state index in [1.165, 1.54) is 6.92 Å². The molecule has 0 heterocycles. The topological polar surface area (TPSA) is 90.5 Å². The van der Waals surface area contributed by atoms with Crippen molar-refractivity contribution in [1.29, 1.82) is 0 Å². The minimum Gasteiger partial charge on any atom is -0.545 e. The molecule has 0 unspecified atom stereocenters. The first-order chi connectivity index (χ1) is 11.4. The molecule has 0 saturated carbocycles. The van der Waals surface area contributed by atoms with Crippen molar-refractivity contribution in [3.05, 3.63) is 29.8 Å². The Kier molecular flexibility index (Phi) is 5.76. The highest BCUT2D eigenvalue weighted by molar-refractivity contribution is 5.93. The van der Waals surface area contributed by atoms with E-state index in [2.05, 4.69) is 4.74 Å². The Morgan fingerprint density at radius 3 is 2.04 bits per heavy atom. The Labute approximate surface area is 136 Å². The summed E-state index contributed by atoms with van der Waals surface area (Å²) in [6.07, 6.45) is -14.2. The lowest BCUT2D eigenvalue weighted by Gasteiger charge is -2.39. The molecule has 0 aliphatic heterocycles. The van der Waals surface area contributed by atoms with Crippen molar-refractivity contribution >= 4 is 17.7 Å². The minimum absolute atomic E-state index is 0.493. The number of hydrogen-bond acceptors (Lipinski definition) is 5. The molecule has 2 N–H and O–H groups in total. The first kappa shape index (κ1) is 20.4. The standard InChI is InChI=1S/C13H12F6N2O4/c1-2-25-10(24)21-11(12(14,15)16,13(17,18)19)20-8-6-4-3-5-7(8)9(22)23/h3-6,20H,2H2,1H3,(H,21,24)(H,22,23)/p-1. The number of ether oxygens (including phenoxy) is 1. The summed E-state index contributed by atoms with van der Waals surface area (Å²) < 4.78 is 83.7. The van der Waals surface area contributed by atoms with E-state index in [-0.39, 0.29) is 0 Å². The van der Waals surface area contributed by atoms with Crippen LogP contribution in [0.5, 0.6) is 0 Å². The lowest BCUT2D eigenvalue weighted by atomic mass is 10.1. The summed E-state index contributed by atoms with van der Waals surface area (Å²) in [5, 5.41) is 12.6. The van der Waals surface area contributed by atoms with Crippen LogP contribution in [0.15, 0.2) is 24.3 Å². The van der Waals surface area contributed by atoms with Gasteiger partial charge in [0.15, 0.2) is 0 Å². The zero-order valence-electron chi connectivity index (χ0n) is 12.4. The van der Waals surface area contributed by atoms with Crippen LogP contribution < -0.4 is 15.7 Å². The van der Waals surface area contributed by atoms with Gasteiger partial charge in [-0.1, -0.05) is 18.2 Å². The molecule has 1 amide bonds. The van der Waals surface area contributed by atoms with Crippen molar-refractivity contribution in [2.24, 2.45) is 0 Å². The van der Waals surface area contributed by atoms with Crippen molar-refractivity contribution in [1.82, 2.24) is 5.32 Å². The van der Waals surface area contributed by atoms with Crippen LogP contribution in [0.1, 0.15) is 17.3 Å². The van der Waals surface area contributed by atoms with Crippen LogP contribution >= 0.6 is 0 Å². The number of rotatable bonds is 5. The molecule has 25 heavy (non-hydrogen) atoms. The molecule has 0 spiro atoms. The normalized spacial score (nSPS) is 12.4. The predicted octanol–water partition coefficient (Wildman–Crippen LogP) is 2.03. The average Bonchev–Trinajstić information content (AvgIpc) is 2.44. The molecule has 1 aromatic carbocycles. The van der Waals surface area contributed by atoms with Crippen LogP contribution in [0.3, 0.4) is 0 Å². The third kappa shape index (κ3) is 4.25. The number of aromatic carboxylic acids is 1. The summed E-state index contributed by atoms with van der Waals surface area (Å²) in [6.45, 7) is 0.675. The maximum Gasteiger partial charge on any atom is 0.439 e. The first-order valence-electron chi connectivity index (χ1n) is 6.52. The molecule has 0 aromatic heterocycles. The second-order valence-electron chi connectivity index (χ2n) is 4.55. The van der Waals surface area contributed by atoms with Crippen molar-refractivity contribution in [3.63, 3.8) is 0 Å². The van der Waals surface area contributed by atoms with Crippen LogP contribution in [-0.4, -0.2) is 36.7 Å². The lowest BCUT2D eigenvalue weighted by molar-refractivity contribution is -0.295. The Hall–Kier alpha value is -2.66. The van der Waals surface area contributed by atoms with Crippen LogP contribution in [0.4, 0.5) is 36.8 Å². The molecule has 1 rings (SSSR count). The number of alkyl carbamates (subject to hydrolysis) is 1. The van der Waals surface area contributed by atoms with Crippen molar-refractivity contribution in [2.75, 3.05) is 11.9 Å². The van der Waals surface area contributed by atoms with Gasteiger partial charge in [-0.25, -0.2) is 4.79 Å². The molecule has 0 aliphatic rings. The quantitative estimate of drug-likeness (QED) is 0.609. The number of alkyl halides is 6. The van der Waals surface area contributed by atoms with E-state index in [1.807, 2.05) is 0 Å². The fraction of sp³-hybridized carbons (Fsp3) is 0.385. The van der Waals surface area contributed by atoms with Crippen LogP contribution in [-0.2, 0) is 4.74 Å². The van der Waals surface area contributed by atoms with Gasteiger partial charge in [0.1, 0.15) is 0 Å². The number of benzene rings is 1. The van der Waals surface area contributed by atoms with Gasteiger partial charge >= 0.3 is 24.1 Å². The first-order valence-corrected chi connectivity index (χ1v) is 6.52. The molecule has 1 aromatic rings. The molecule has 6 nitrogen and oxygen atoms in total. The zero-order valence-corrected chi connectivity index (χ0v) is 12.4. The van der Waals surface area contributed by atoms with E-state index in [0.717, 1.165) is 23.5 Å². The number of carbonyl (C=O) groups excluding carboxylic acids is 2. The van der Waals surface area contributed by atoms with Gasteiger partial charge in [-0.05, 0) is 13.0 Å². The number of carbonyl (C=O) groups is 2. The molecule has 0 fully saturated rings. The van der Waals surface area contributed by atoms with Crippen LogP contribution in [0.2, 0.25) is 0 Å². The number of nitrogens with one attached hydrogen (secondary N) is 2. The highest BCUT2D eigenvalue weighted by atomic mass is 19.4. The van der Waals surface area contributed by atoms with E-state index in [1.54, 1.807) is 0 Å². The van der Waals surface area contributed by atoms with E-state index >= 15 is 0 Å². The van der Waals surface area contributed by atoms with Gasteiger partial charge in [-0.15, -0.1) is 0 Å². The highest BCUT2D eigenvalue weighted by Crippen LogP contribution is 2.44. The van der Waals surface area contributed by atoms with Crippen molar-refractivity contribution < 1.29 is 45.8 Å². The minimum atomic E-state index is -6.10. The van der Waals surface area contributed by atoms with Gasteiger partial charge in [-0.2, -0.15) is 26.3 Å². The maximum atomic E-state index is 13.3. The summed E-state index contributed by atoms with van der Waals surface area (Å²) in [5.41, 5.74) is -7.02. The monoisotopic (exact) mass is 373 g/mol. The molecule has 0 saturated heterocycles. The Morgan fingerprint density at radius 1 is 1.08 bits per heavy atom. The third-order valence-corrected chi connectivity index (χ3v) is 2.88. The summed E-state index contributed by atoms with van der Waals surface area (Å²) in [4.78, 5) is 22.2. The van der Waals surface area contributed by atoms with Gasteiger partial charge in [0.25, 0.3) is 0 Å². The molecule has 12 heteroatoms. The number of para-hydroxylation sites is 1. The lowest BCUT2D eigenvalue weighted by Crippen LogP contribution is -2.72. The highest BCUT2D eigenvalue weighted by Gasteiger charge is 2.73.